The van der Waals surface area contributed by atoms with E-state index in [9.17, 15) is 8.42 Å². The summed E-state index contributed by atoms with van der Waals surface area (Å²) in [5, 5.41) is 0. The van der Waals surface area contributed by atoms with Crippen molar-refractivity contribution in [1.29, 1.82) is 0 Å². The van der Waals surface area contributed by atoms with Crippen LogP contribution >= 0.6 is 0 Å². The van der Waals surface area contributed by atoms with E-state index in [-0.39, 0.29) is 12.1 Å². The van der Waals surface area contributed by atoms with Gasteiger partial charge in [-0.05, 0) is 29.7 Å². The molecule has 1 unspecified atom stereocenters. The Kier molecular flexibility index (Phi) is 3.92. The molecule has 8 heteroatoms. The Hall–Kier alpha value is -1.74. The number of fused-ring (bicyclic) bond motifs is 1. The first-order valence-electron chi connectivity index (χ1n) is 7.83. The number of H-pyrrole nitrogens is 1. The van der Waals surface area contributed by atoms with Crippen molar-refractivity contribution < 1.29 is 17.9 Å². The smallest absolute Gasteiger partial charge is 0.243 e. The maximum atomic E-state index is 13.2. The number of imidazole rings is 1. The van der Waals surface area contributed by atoms with Crippen molar-refractivity contribution >= 4 is 10.0 Å². The molecule has 0 saturated carbocycles. The van der Waals surface area contributed by atoms with E-state index in [2.05, 4.69) is 9.97 Å². The Labute approximate surface area is 140 Å². The first kappa shape index (κ1) is 15.8. The molecule has 1 fully saturated rings. The standard InChI is InChI=1S/C16H19N3O4S/c1-22-13-7-15(16-17-4-5-18-16)19(8-13)24(20,21)14-3-2-11-9-23-10-12(11)6-14/h2-6,13,15H,7-10H2,1H3,(H,17,18)/t13-,15?/m1/s1. The lowest BCUT2D eigenvalue weighted by Gasteiger charge is -2.22. The van der Waals surface area contributed by atoms with Gasteiger partial charge in [-0.15, -0.1) is 0 Å². The van der Waals surface area contributed by atoms with Crippen LogP contribution < -0.4 is 0 Å². The molecule has 24 heavy (non-hydrogen) atoms. The molecule has 0 bridgehead atoms. The molecule has 2 atom stereocenters. The van der Waals surface area contributed by atoms with Gasteiger partial charge in [-0.1, -0.05) is 6.07 Å². The normalized spacial score (nSPS) is 24.4. The fourth-order valence-corrected chi connectivity index (χ4v) is 5.04. The summed E-state index contributed by atoms with van der Waals surface area (Å²) in [6, 6.07) is 4.86. The average Bonchev–Trinajstić information content (AvgIpc) is 3.31. The zero-order valence-corrected chi connectivity index (χ0v) is 14.1. The highest BCUT2D eigenvalue weighted by Crippen LogP contribution is 2.37. The third kappa shape index (κ3) is 2.55. The predicted octanol–water partition coefficient (Wildman–Crippen LogP) is 1.59. The molecule has 0 spiro atoms. The van der Waals surface area contributed by atoms with E-state index in [1.165, 1.54) is 4.31 Å². The molecule has 3 heterocycles. The van der Waals surface area contributed by atoms with Crippen molar-refractivity contribution in [2.75, 3.05) is 13.7 Å². The van der Waals surface area contributed by atoms with Crippen molar-refractivity contribution in [2.45, 2.75) is 36.7 Å². The van der Waals surface area contributed by atoms with Gasteiger partial charge in [0, 0.05) is 26.0 Å². The maximum absolute atomic E-state index is 13.2. The van der Waals surface area contributed by atoms with Gasteiger partial charge in [-0.3, -0.25) is 0 Å². The maximum Gasteiger partial charge on any atom is 0.243 e. The van der Waals surface area contributed by atoms with Crippen LogP contribution in [0.15, 0.2) is 35.5 Å². The first-order chi connectivity index (χ1) is 11.6. The lowest BCUT2D eigenvalue weighted by molar-refractivity contribution is 0.114. The summed E-state index contributed by atoms with van der Waals surface area (Å²) in [6.45, 7) is 1.32. The zero-order valence-electron chi connectivity index (χ0n) is 13.3. The van der Waals surface area contributed by atoms with E-state index in [0.717, 1.165) is 11.1 Å². The van der Waals surface area contributed by atoms with Crippen LogP contribution in [0.5, 0.6) is 0 Å². The first-order valence-corrected chi connectivity index (χ1v) is 9.27. The highest BCUT2D eigenvalue weighted by Gasteiger charge is 2.42. The van der Waals surface area contributed by atoms with Gasteiger partial charge in [0.1, 0.15) is 5.82 Å². The number of hydrogen-bond donors (Lipinski definition) is 1. The van der Waals surface area contributed by atoms with E-state index in [0.29, 0.717) is 36.9 Å². The van der Waals surface area contributed by atoms with Crippen LogP contribution in [0.1, 0.15) is 29.4 Å². The summed E-state index contributed by atoms with van der Waals surface area (Å²) < 4.78 is 38.6. The molecule has 2 aromatic rings. The number of aromatic amines is 1. The van der Waals surface area contributed by atoms with Crippen molar-refractivity contribution in [3.05, 3.63) is 47.5 Å². The molecule has 1 saturated heterocycles. The molecule has 128 valence electrons. The lowest BCUT2D eigenvalue weighted by Crippen LogP contribution is -2.32. The van der Waals surface area contributed by atoms with Gasteiger partial charge in [0.05, 0.1) is 30.3 Å². The van der Waals surface area contributed by atoms with E-state index in [1.54, 1.807) is 31.6 Å². The summed E-state index contributed by atoms with van der Waals surface area (Å²) in [6.07, 6.45) is 3.77. The minimum atomic E-state index is -3.64. The average molecular weight is 349 g/mol. The number of methoxy groups -OCH3 is 1. The number of benzene rings is 1. The second kappa shape index (κ2) is 5.96. The molecule has 0 amide bonds. The molecule has 2 aliphatic rings. The van der Waals surface area contributed by atoms with Crippen molar-refractivity contribution in [2.24, 2.45) is 0 Å². The Morgan fingerprint density at radius 3 is 2.92 bits per heavy atom. The van der Waals surface area contributed by atoms with E-state index in [1.807, 2.05) is 6.07 Å². The Morgan fingerprint density at radius 1 is 1.33 bits per heavy atom. The molecule has 4 rings (SSSR count). The lowest BCUT2D eigenvalue weighted by atomic mass is 10.1. The number of rotatable bonds is 4. The monoisotopic (exact) mass is 349 g/mol. The van der Waals surface area contributed by atoms with Crippen LogP contribution in [-0.4, -0.2) is 42.4 Å². The number of ether oxygens (including phenoxy) is 2. The summed E-state index contributed by atoms with van der Waals surface area (Å²) >= 11 is 0. The third-order valence-electron chi connectivity index (χ3n) is 4.69. The molecule has 1 aromatic carbocycles. The Bertz CT molecular complexity index is 835. The van der Waals surface area contributed by atoms with Crippen molar-refractivity contribution in [3.8, 4) is 0 Å². The quantitative estimate of drug-likeness (QED) is 0.906. The van der Waals surface area contributed by atoms with E-state index >= 15 is 0 Å². The van der Waals surface area contributed by atoms with Gasteiger partial charge in [0.15, 0.2) is 0 Å². The second-order valence-corrected chi connectivity index (χ2v) is 7.97. The Morgan fingerprint density at radius 2 is 2.17 bits per heavy atom. The summed E-state index contributed by atoms with van der Waals surface area (Å²) in [4.78, 5) is 7.56. The van der Waals surface area contributed by atoms with Crippen LogP contribution in [0.2, 0.25) is 0 Å². The van der Waals surface area contributed by atoms with Gasteiger partial charge in [-0.2, -0.15) is 4.31 Å². The SMILES string of the molecule is CO[C@@H]1CC(c2ncc[nH]2)N(S(=O)(=O)c2ccc3c(c2)COC3)C1. The third-order valence-corrected chi connectivity index (χ3v) is 6.56. The number of nitrogens with zero attached hydrogens (tertiary/aromatic N) is 2. The predicted molar refractivity (Wildman–Crippen MR) is 85.6 cm³/mol. The number of aromatic nitrogens is 2. The van der Waals surface area contributed by atoms with Gasteiger partial charge in [0.2, 0.25) is 10.0 Å². The van der Waals surface area contributed by atoms with Crippen LogP contribution in [-0.2, 0) is 32.7 Å². The van der Waals surface area contributed by atoms with Crippen LogP contribution in [0.3, 0.4) is 0 Å². The highest BCUT2D eigenvalue weighted by atomic mass is 32.2. The molecule has 7 nitrogen and oxygen atoms in total. The molecular weight excluding hydrogens is 330 g/mol. The number of hydrogen-bond acceptors (Lipinski definition) is 5. The van der Waals surface area contributed by atoms with Crippen molar-refractivity contribution in [1.82, 2.24) is 14.3 Å². The fourth-order valence-electron chi connectivity index (χ4n) is 3.36. The van der Waals surface area contributed by atoms with Crippen LogP contribution in [0, 0.1) is 0 Å². The minimum absolute atomic E-state index is 0.146. The Balaban J connectivity index is 1.71. The van der Waals surface area contributed by atoms with Crippen LogP contribution in [0.25, 0.3) is 0 Å². The highest BCUT2D eigenvalue weighted by molar-refractivity contribution is 7.89. The number of nitrogens with one attached hydrogen (secondary N) is 1. The molecule has 1 aromatic heterocycles. The molecule has 0 radical (unpaired) electrons. The molecular formula is C16H19N3O4S. The summed E-state index contributed by atoms with van der Waals surface area (Å²) in [5.41, 5.74) is 1.99. The van der Waals surface area contributed by atoms with Gasteiger partial charge < -0.3 is 14.5 Å². The second-order valence-electron chi connectivity index (χ2n) is 6.08. The van der Waals surface area contributed by atoms with Gasteiger partial charge >= 0.3 is 0 Å². The van der Waals surface area contributed by atoms with E-state index < -0.39 is 10.0 Å². The van der Waals surface area contributed by atoms with Gasteiger partial charge in [0.25, 0.3) is 0 Å². The number of sulfonamides is 1. The van der Waals surface area contributed by atoms with Crippen molar-refractivity contribution in [3.63, 3.8) is 0 Å². The molecule has 2 aliphatic heterocycles. The summed E-state index contributed by atoms with van der Waals surface area (Å²) in [5.74, 6) is 0.641. The zero-order chi connectivity index (χ0) is 16.7. The molecule has 0 aliphatic carbocycles. The fraction of sp³-hybridized carbons (Fsp3) is 0.438. The summed E-state index contributed by atoms with van der Waals surface area (Å²) in [7, 11) is -2.04. The topological polar surface area (TPSA) is 84.5 Å². The minimum Gasteiger partial charge on any atom is -0.380 e. The molecule has 1 N–H and O–H groups in total. The largest absolute Gasteiger partial charge is 0.380 e. The van der Waals surface area contributed by atoms with Crippen LogP contribution in [0.4, 0.5) is 0 Å². The van der Waals surface area contributed by atoms with Gasteiger partial charge in [-0.25, -0.2) is 13.4 Å². The van der Waals surface area contributed by atoms with E-state index in [4.69, 9.17) is 9.47 Å².